The number of aromatic nitrogens is 1. The van der Waals surface area contributed by atoms with Gasteiger partial charge in [-0.25, -0.2) is 9.78 Å². The molecule has 1 rings (SSSR count). The van der Waals surface area contributed by atoms with Gasteiger partial charge in [0.2, 0.25) is 0 Å². The second-order valence-corrected chi connectivity index (χ2v) is 4.68. The minimum Gasteiger partial charge on any atom is -0.444 e. The van der Waals surface area contributed by atoms with Gasteiger partial charge in [-0.1, -0.05) is 23.2 Å². The fraction of sp³-hybridized carbons (Fsp3) is 0.429. The van der Waals surface area contributed by atoms with E-state index in [1.54, 1.807) is 0 Å². The molecule has 1 heterocycles. The normalized spacial score (nSPS) is 14.7. The third-order valence-corrected chi connectivity index (χ3v) is 3.23. The van der Waals surface area contributed by atoms with Crippen LogP contribution in [-0.4, -0.2) is 22.3 Å². The van der Waals surface area contributed by atoms with Crippen molar-refractivity contribution in [3.05, 3.63) is 14.5 Å². The number of carbonyl (C=O) groups excluding carboxylic acids is 1. The van der Waals surface area contributed by atoms with Gasteiger partial charge in [0, 0.05) is 0 Å². The standard InChI is InChI=1S/C7H8Cl2N2O3S/c1-2(14-7(10)13)3(12)4-5(8)11-6(9)15-4/h2-3,12H,1H3,(H2,10,13)/t2-,3+/m0/s1. The van der Waals surface area contributed by atoms with Crippen molar-refractivity contribution >= 4 is 40.6 Å². The average molecular weight is 271 g/mol. The van der Waals surface area contributed by atoms with Crippen molar-refractivity contribution in [3.63, 3.8) is 0 Å². The van der Waals surface area contributed by atoms with Gasteiger partial charge in [0.1, 0.15) is 17.4 Å². The van der Waals surface area contributed by atoms with E-state index in [1.807, 2.05) is 0 Å². The van der Waals surface area contributed by atoms with Crippen LogP contribution in [0, 0.1) is 0 Å². The minimum atomic E-state index is -1.09. The van der Waals surface area contributed by atoms with Crippen molar-refractivity contribution < 1.29 is 14.6 Å². The van der Waals surface area contributed by atoms with Gasteiger partial charge in [0.05, 0.1) is 4.88 Å². The molecule has 0 bridgehead atoms. The van der Waals surface area contributed by atoms with Gasteiger partial charge in [-0.3, -0.25) is 0 Å². The first-order valence-corrected chi connectivity index (χ1v) is 5.45. The predicted molar refractivity (Wildman–Crippen MR) is 57.2 cm³/mol. The number of nitrogens with two attached hydrogens (primary N) is 1. The molecule has 1 aromatic rings. The highest BCUT2D eigenvalue weighted by Gasteiger charge is 2.24. The van der Waals surface area contributed by atoms with Crippen LogP contribution >= 0.6 is 34.5 Å². The van der Waals surface area contributed by atoms with E-state index < -0.39 is 18.3 Å². The lowest BCUT2D eigenvalue weighted by Gasteiger charge is -2.16. The summed E-state index contributed by atoms with van der Waals surface area (Å²) < 4.78 is 4.81. The molecule has 0 aliphatic carbocycles. The maximum absolute atomic E-state index is 10.5. The van der Waals surface area contributed by atoms with Crippen LogP contribution in [0.3, 0.4) is 0 Å². The lowest BCUT2D eigenvalue weighted by atomic mass is 10.2. The summed E-state index contributed by atoms with van der Waals surface area (Å²) in [6, 6.07) is 0. The monoisotopic (exact) mass is 270 g/mol. The molecule has 3 N–H and O–H groups in total. The van der Waals surface area contributed by atoms with E-state index >= 15 is 0 Å². The summed E-state index contributed by atoms with van der Waals surface area (Å²) in [6.07, 6.45) is -2.86. The molecule has 2 atom stereocenters. The highest BCUT2D eigenvalue weighted by Crippen LogP contribution is 2.33. The van der Waals surface area contributed by atoms with E-state index in [2.05, 4.69) is 9.72 Å². The van der Waals surface area contributed by atoms with Crippen molar-refractivity contribution in [3.8, 4) is 0 Å². The van der Waals surface area contributed by atoms with Crippen LogP contribution in [0.15, 0.2) is 0 Å². The molecule has 0 aliphatic rings. The quantitative estimate of drug-likeness (QED) is 0.880. The lowest BCUT2D eigenvalue weighted by Crippen LogP contribution is -2.25. The fourth-order valence-electron chi connectivity index (χ4n) is 0.931. The van der Waals surface area contributed by atoms with Crippen LogP contribution < -0.4 is 5.73 Å². The summed E-state index contributed by atoms with van der Waals surface area (Å²) in [5.41, 5.74) is 4.81. The maximum atomic E-state index is 10.5. The molecule has 1 amide bonds. The van der Waals surface area contributed by atoms with Crippen molar-refractivity contribution in [2.45, 2.75) is 19.1 Å². The summed E-state index contributed by atoms with van der Waals surface area (Å²) in [5.74, 6) is 0. The molecular weight excluding hydrogens is 263 g/mol. The highest BCUT2D eigenvalue weighted by molar-refractivity contribution is 7.16. The number of thiazole rings is 1. The van der Waals surface area contributed by atoms with Crippen LogP contribution in [0.5, 0.6) is 0 Å². The van der Waals surface area contributed by atoms with Crippen molar-refractivity contribution in [2.24, 2.45) is 5.73 Å². The van der Waals surface area contributed by atoms with Gasteiger partial charge in [0.25, 0.3) is 0 Å². The number of rotatable bonds is 3. The van der Waals surface area contributed by atoms with E-state index in [0.29, 0.717) is 4.88 Å². The topological polar surface area (TPSA) is 85.4 Å². The molecule has 0 aliphatic heterocycles. The number of nitrogens with zero attached hydrogens (tertiary/aromatic N) is 1. The van der Waals surface area contributed by atoms with Gasteiger partial charge in [-0.05, 0) is 6.92 Å². The molecule has 8 heteroatoms. The second-order valence-electron chi connectivity index (χ2n) is 2.71. The Morgan fingerprint density at radius 1 is 1.67 bits per heavy atom. The molecule has 0 unspecified atom stereocenters. The summed E-state index contributed by atoms with van der Waals surface area (Å²) >= 11 is 12.3. The predicted octanol–water partition coefficient (Wildman–Crippen LogP) is 1.97. The largest absolute Gasteiger partial charge is 0.444 e. The zero-order valence-corrected chi connectivity index (χ0v) is 9.94. The number of amides is 1. The van der Waals surface area contributed by atoms with Crippen molar-refractivity contribution in [2.75, 3.05) is 0 Å². The minimum absolute atomic E-state index is 0.0948. The first kappa shape index (κ1) is 12.5. The first-order valence-electron chi connectivity index (χ1n) is 3.87. The fourth-order valence-corrected chi connectivity index (χ4v) is 2.43. The number of aliphatic hydroxyl groups excluding tert-OH is 1. The summed E-state index contributed by atoms with van der Waals surface area (Å²) in [4.78, 5) is 14.5. The van der Waals surface area contributed by atoms with E-state index in [1.165, 1.54) is 6.92 Å². The SMILES string of the molecule is C[C@H](OC(N)=O)[C@@H](O)c1sc(Cl)nc1Cl. The van der Waals surface area contributed by atoms with Crippen molar-refractivity contribution in [1.29, 1.82) is 0 Å². The Morgan fingerprint density at radius 3 is 2.67 bits per heavy atom. The average Bonchev–Trinajstić information content (AvgIpc) is 2.42. The van der Waals surface area contributed by atoms with Gasteiger partial charge in [-0.2, -0.15) is 0 Å². The summed E-state index contributed by atoms with van der Waals surface area (Å²) in [5, 5.41) is 9.82. The Labute approximate surface area is 99.8 Å². The number of halogens is 2. The Balaban J connectivity index is 2.79. The van der Waals surface area contributed by atoms with Gasteiger partial charge in [-0.15, -0.1) is 11.3 Å². The molecule has 15 heavy (non-hydrogen) atoms. The van der Waals surface area contributed by atoms with Crippen LogP contribution in [0.25, 0.3) is 0 Å². The molecule has 0 saturated carbocycles. The Bertz CT molecular complexity index is 371. The summed E-state index contributed by atoms with van der Waals surface area (Å²) in [6.45, 7) is 1.49. The van der Waals surface area contributed by atoms with Crippen LogP contribution in [-0.2, 0) is 4.74 Å². The third kappa shape index (κ3) is 3.20. The van der Waals surface area contributed by atoms with Gasteiger partial charge < -0.3 is 15.6 Å². The number of hydrogen-bond acceptors (Lipinski definition) is 5. The van der Waals surface area contributed by atoms with Crippen LogP contribution in [0.1, 0.15) is 17.9 Å². The van der Waals surface area contributed by atoms with Crippen LogP contribution in [0.4, 0.5) is 4.79 Å². The Morgan fingerprint density at radius 2 is 2.27 bits per heavy atom. The molecule has 0 radical (unpaired) electrons. The third-order valence-electron chi connectivity index (χ3n) is 1.60. The number of ether oxygens (including phenoxy) is 1. The molecule has 1 aromatic heterocycles. The van der Waals surface area contributed by atoms with Gasteiger partial charge >= 0.3 is 6.09 Å². The molecule has 0 spiro atoms. The number of aliphatic hydroxyl groups is 1. The van der Waals surface area contributed by atoms with Gasteiger partial charge in [0.15, 0.2) is 4.47 Å². The molecule has 0 aromatic carbocycles. The lowest BCUT2D eigenvalue weighted by molar-refractivity contribution is 0.0175. The van der Waals surface area contributed by atoms with Crippen LogP contribution in [0.2, 0.25) is 9.62 Å². The maximum Gasteiger partial charge on any atom is 0.404 e. The molecule has 84 valence electrons. The smallest absolute Gasteiger partial charge is 0.404 e. The van der Waals surface area contributed by atoms with Crippen molar-refractivity contribution in [1.82, 2.24) is 4.98 Å². The Hall–Kier alpha value is -0.560. The second kappa shape index (κ2) is 4.98. The number of hydrogen-bond donors (Lipinski definition) is 2. The van der Waals surface area contributed by atoms with E-state index in [4.69, 9.17) is 28.9 Å². The Kier molecular flexibility index (Phi) is 4.15. The molecule has 0 saturated heterocycles. The number of carbonyl (C=O) groups is 1. The number of primary amides is 1. The zero-order valence-electron chi connectivity index (χ0n) is 7.61. The highest BCUT2D eigenvalue weighted by atomic mass is 35.5. The summed E-state index contributed by atoms with van der Waals surface area (Å²) in [7, 11) is 0. The first-order chi connectivity index (χ1) is 6.91. The van der Waals surface area contributed by atoms with E-state index in [-0.39, 0.29) is 9.62 Å². The zero-order chi connectivity index (χ0) is 11.6. The van der Waals surface area contributed by atoms with E-state index in [0.717, 1.165) is 11.3 Å². The molecule has 5 nitrogen and oxygen atoms in total. The molecular formula is C7H8Cl2N2O3S. The van der Waals surface area contributed by atoms with E-state index in [9.17, 15) is 9.90 Å². The molecule has 0 fully saturated rings.